The maximum Gasteiger partial charge on any atom is 0.164 e. The number of hydrogen-bond donors (Lipinski definition) is 1. The highest BCUT2D eigenvalue weighted by Crippen LogP contribution is 2.25. The number of aromatic nitrogens is 2. The first-order valence-corrected chi connectivity index (χ1v) is 7.74. The molecule has 116 valence electrons. The minimum Gasteiger partial charge on any atom is -0.354 e. The number of benzene rings is 1. The van der Waals surface area contributed by atoms with Crippen LogP contribution in [0.25, 0.3) is 11.4 Å². The smallest absolute Gasteiger partial charge is 0.164 e. The first-order valence-electron chi connectivity index (χ1n) is 7.74. The van der Waals surface area contributed by atoms with Crippen molar-refractivity contribution in [1.82, 2.24) is 15.3 Å². The highest BCUT2D eigenvalue weighted by atomic mass is 19.1. The van der Waals surface area contributed by atoms with Crippen molar-refractivity contribution in [2.45, 2.75) is 19.8 Å². The maximum atomic E-state index is 14.1. The molecule has 1 N–H and O–H groups in total. The summed E-state index contributed by atoms with van der Waals surface area (Å²) in [5, 5.41) is 3.33. The molecule has 1 aromatic carbocycles. The summed E-state index contributed by atoms with van der Waals surface area (Å²) < 4.78 is 14.1. The topological polar surface area (TPSA) is 41.0 Å². The standard InChI is InChI=1S/C17H21FN4/c1-12(2)15-11-16(22-9-7-19-8-10-22)21-17(20-15)13-5-3-4-6-14(13)18/h3-6,11-12,19H,7-10H2,1-2H3. The van der Waals surface area contributed by atoms with Crippen LogP contribution in [0.2, 0.25) is 0 Å². The quantitative estimate of drug-likeness (QED) is 0.946. The maximum absolute atomic E-state index is 14.1. The minimum atomic E-state index is -0.283. The van der Waals surface area contributed by atoms with Gasteiger partial charge in [0, 0.05) is 37.9 Å². The van der Waals surface area contributed by atoms with Crippen molar-refractivity contribution >= 4 is 5.82 Å². The Labute approximate surface area is 130 Å². The number of hydrogen-bond acceptors (Lipinski definition) is 4. The van der Waals surface area contributed by atoms with Crippen molar-refractivity contribution in [3.8, 4) is 11.4 Å². The lowest BCUT2D eigenvalue weighted by Gasteiger charge is -2.29. The van der Waals surface area contributed by atoms with Crippen LogP contribution in [0.3, 0.4) is 0 Å². The van der Waals surface area contributed by atoms with Crippen molar-refractivity contribution in [2.75, 3.05) is 31.1 Å². The molecule has 0 saturated carbocycles. The van der Waals surface area contributed by atoms with E-state index < -0.39 is 0 Å². The summed E-state index contributed by atoms with van der Waals surface area (Å²) in [6.07, 6.45) is 0. The number of halogens is 1. The van der Waals surface area contributed by atoms with Gasteiger partial charge in [-0.1, -0.05) is 26.0 Å². The Morgan fingerprint density at radius 2 is 1.86 bits per heavy atom. The molecule has 2 heterocycles. The largest absolute Gasteiger partial charge is 0.354 e. The van der Waals surface area contributed by atoms with E-state index in [4.69, 9.17) is 0 Å². The molecule has 1 saturated heterocycles. The molecule has 1 fully saturated rings. The molecular weight excluding hydrogens is 279 g/mol. The van der Waals surface area contributed by atoms with Gasteiger partial charge in [-0.05, 0) is 18.1 Å². The molecular formula is C17H21FN4. The molecule has 1 aliphatic rings. The van der Waals surface area contributed by atoms with Crippen molar-refractivity contribution in [1.29, 1.82) is 0 Å². The molecule has 1 aliphatic heterocycles. The molecule has 0 spiro atoms. The number of piperazine rings is 1. The average molecular weight is 300 g/mol. The van der Waals surface area contributed by atoms with Crippen molar-refractivity contribution in [2.24, 2.45) is 0 Å². The Morgan fingerprint density at radius 1 is 1.14 bits per heavy atom. The highest BCUT2D eigenvalue weighted by Gasteiger charge is 2.17. The molecule has 2 aromatic rings. The average Bonchev–Trinajstić information content (AvgIpc) is 2.55. The van der Waals surface area contributed by atoms with E-state index in [0.29, 0.717) is 11.4 Å². The Balaban J connectivity index is 2.06. The van der Waals surface area contributed by atoms with Crippen molar-refractivity contribution in [3.05, 3.63) is 41.8 Å². The van der Waals surface area contributed by atoms with E-state index in [1.807, 2.05) is 12.1 Å². The van der Waals surface area contributed by atoms with Crippen molar-refractivity contribution < 1.29 is 4.39 Å². The number of nitrogens with one attached hydrogen (secondary N) is 1. The van der Waals surface area contributed by atoms with Crippen LogP contribution in [0.5, 0.6) is 0 Å². The van der Waals surface area contributed by atoms with Gasteiger partial charge in [-0.15, -0.1) is 0 Å². The molecule has 0 bridgehead atoms. The molecule has 0 amide bonds. The van der Waals surface area contributed by atoms with E-state index in [1.54, 1.807) is 12.1 Å². The third-order valence-corrected chi connectivity index (χ3v) is 3.88. The number of rotatable bonds is 3. The normalized spacial score (nSPS) is 15.4. The fourth-order valence-corrected chi connectivity index (χ4v) is 2.57. The van der Waals surface area contributed by atoms with Gasteiger partial charge in [-0.25, -0.2) is 14.4 Å². The van der Waals surface area contributed by atoms with Gasteiger partial charge in [-0.2, -0.15) is 0 Å². The second-order valence-corrected chi connectivity index (χ2v) is 5.85. The Kier molecular flexibility index (Phi) is 4.34. The van der Waals surface area contributed by atoms with Gasteiger partial charge in [0.25, 0.3) is 0 Å². The first-order chi connectivity index (χ1) is 10.6. The molecule has 22 heavy (non-hydrogen) atoms. The van der Waals surface area contributed by atoms with Gasteiger partial charge in [0.2, 0.25) is 0 Å². The number of nitrogens with zero attached hydrogens (tertiary/aromatic N) is 3. The van der Waals surface area contributed by atoms with Gasteiger partial charge in [0.05, 0.1) is 5.56 Å². The van der Waals surface area contributed by atoms with Gasteiger partial charge in [-0.3, -0.25) is 0 Å². The SMILES string of the molecule is CC(C)c1cc(N2CCNCC2)nc(-c2ccccc2F)n1. The zero-order valence-corrected chi connectivity index (χ0v) is 13.0. The summed E-state index contributed by atoms with van der Waals surface area (Å²) >= 11 is 0. The minimum absolute atomic E-state index is 0.273. The van der Waals surface area contributed by atoms with Crippen LogP contribution >= 0.6 is 0 Å². The summed E-state index contributed by atoms with van der Waals surface area (Å²) in [4.78, 5) is 11.4. The fourth-order valence-electron chi connectivity index (χ4n) is 2.57. The highest BCUT2D eigenvalue weighted by molar-refractivity contribution is 5.59. The van der Waals surface area contributed by atoms with Crippen LogP contribution in [0.1, 0.15) is 25.5 Å². The van der Waals surface area contributed by atoms with Crippen LogP contribution in [-0.4, -0.2) is 36.1 Å². The van der Waals surface area contributed by atoms with Crippen LogP contribution < -0.4 is 10.2 Å². The van der Waals surface area contributed by atoms with E-state index >= 15 is 0 Å². The first kappa shape index (κ1) is 14.9. The molecule has 1 aromatic heterocycles. The number of anilines is 1. The summed E-state index contributed by atoms with van der Waals surface area (Å²) in [7, 11) is 0. The Hall–Kier alpha value is -2.01. The molecule has 0 atom stereocenters. The molecule has 0 unspecified atom stereocenters. The monoisotopic (exact) mass is 300 g/mol. The summed E-state index contributed by atoms with van der Waals surface area (Å²) in [5.41, 5.74) is 1.41. The van der Waals surface area contributed by atoms with E-state index in [2.05, 4.69) is 34.0 Å². The second kappa shape index (κ2) is 6.40. The van der Waals surface area contributed by atoms with E-state index in [-0.39, 0.29) is 11.7 Å². The van der Waals surface area contributed by atoms with Gasteiger partial charge in [0.1, 0.15) is 11.6 Å². The Bertz CT molecular complexity index is 651. The lowest BCUT2D eigenvalue weighted by molar-refractivity contribution is 0.583. The van der Waals surface area contributed by atoms with Crippen LogP contribution in [-0.2, 0) is 0 Å². The van der Waals surface area contributed by atoms with Gasteiger partial charge >= 0.3 is 0 Å². The van der Waals surface area contributed by atoms with Crippen LogP contribution in [0.4, 0.5) is 10.2 Å². The predicted octanol–water partition coefficient (Wildman–Crippen LogP) is 2.82. The zero-order chi connectivity index (χ0) is 15.5. The van der Waals surface area contributed by atoms with Crippen molar-refractivity contribution in [3.63, 3.8) is 0 Å². The van der Waals surface area contributed by atoms with E-state index in [1.165, 1.54) is 6.07 Å². The van der Waals surface area contributed by atoms with Crippen LogP contribution in [0, 0.1) is 5.82 Å². The molecule has 5 heteroatoms. The van der Waals surface area contributed by atoms with E-state index in [0.717, 1.165) is 37.7 Å². The lowest BCUT2D eigenvalue weighted by atomic mass is 10.1. The summed E-state index contributed by atoms with van der Waals surface area (Å²) in [6, 6.07) is 8.71. The zero-order valence-electron chi connectivity index (χ0n) is 13.0. The fraction of sp³-hybridized carbons (Fsp3) is 0.412. The summed E-state index contributed by atoms with van der Waals surface area (Å²) in [5.74, 6) is 1.35. The predicted molar refractivity (Wildman–Crippen MR) is 86.6 cm³/mol. The van der Waals surface area contributed by atoms with Crippen LogP contribution in [0.15, 0.2) is 30.3 Å². The van der Waals surface area contributed by atoms with Gasteiger partial charge in [0.15, 0.2) is 5.82 Å². The van der Waals surface area contributed by atoms with Gasteiger partial charge < -0.3 is 10.2 Å². The lowest BCUT2D eigenvalue weighted by Crippen LogP contribution is -2.44. The third kappa shape index (κ3) is 3.09. The van der Waals surface area contributed by atoms with E-state index in [9.17, 15) is 4.39 Å². The molecule has 4 nitrogen and oxygen atoms in total. The molecule has 3 rings (SSSR count). The summed E-state index contributed by atoms with van der Waals surface area (Å²) in [6.45, 7) is 7.88. The second-order valence-electron chi connectivity index (χ2n) is 5.85. The Morgan fingerprint density at radius 3 is 2.55 bits per heavy atom. The molecule has 0 aliphatic carbocycles. The molecule has 0 radical (unpaired) electrons. The third-order valence-electron chi connectivity index (χ3n) is 3.88.